The average molecular weight is 239 g/mol. The molecule has 1 aromatic heterocycles. The minimum absolute atomic E-state index is 0.299. The lowest BCUT2D eigenvalue weighted by molar-refractivity contribution is 0.245. The van der Waals surface area contributed by atoms with Gasteiger partial charge in [0.1, 0.15) is 5.69 Å². The molecular formula is C12H21N3O2. The molecule has 1 heterocycles. The molecule has 0 aromatic carbocycles. The molecule has 0 spiro atoms. The van der Waals surface area contributed by atoms with Crippen molar-refractivity contribution in [3.8, 4) is 11.5 Å². The van der Waals surface area contributed by atoms with Crippen LogP contribution in [0.15, 0.2) is 12.3 Å². The van der Waals surface area contributed by atoms with Crippen LogP contribution < -0.4 is 15.2 Å². The Morgan fingerprint density at radius 3 is 2.65 bits per heavy atom. The van der Waals surface area contributed by atoms with E-state index in [4.69, 9.17) is 15.2 Å². The molecule has 96 valence electrons. The van der Waals surface area contributed by atoms with Crippen molar-refractivity contribution >= 4 is 0 Å². The maximum Gasteiger partial charge on any atom is 0.183 e. The number of ether oxygens (including phenoxy) is 2. The molecule has 0 saturated heterocycles. The van der Waals surface area contributed by atoms with Crippen LogP contribution in [0.25, 0.3) is 0 Å². The van der Waals surface area contributed by atoms with Gasteiger partial charge in [-0.25, -0.2) is 0 Å². The number of nitrogens with two attached hydrogens (primary N) is 1. The fourth-order valence-corrected chi connectivity index (χ4v) is 1.54. The molecule has 1 unspecified atom stereocenters. The van der Waals surface area contributed by atoms with Crippen LogP contribution in [0.4, 0.5) is 0 Å². The fraction of sp³-hybridized carbons (Fsp3) is 0.583. The Bertz CT molecular complexity index is 358. The Hall–Kier alpha value is -1.33. The molecule has 1 atom stereocenters. The summed E-state index contributed by atoms with van der Waals surface area (Å²) in [6.45, 7) is 3.37. The maximum absolute atomic E-state index is 5.64. The number of nitrogens with zero attached hydrogens (tertiary/aromatic N) is 2. The zero-order valence-corrected chi connectivity index (χ0v) is 10.9. The van der Waals surface area contributed by atoms with Crippen molar-refractivity contribution in [2.24, 2.45) is 5.73 Å². The van der Waals surface area contributed by atoms with Gasteiger partial charge >= 0.3 is 0 Å². The van der Waals surface area contributed by atoms with Gasteiger partial charge in [-0.15, -0.1) is 0 Å². The van der Waals surface area contributed by atoms with E-state index in [2.05, 4.69) is 16.8 Å². The SMILES string of the molecule is COc1ccnc(CN(C)C(C)CN)c1OC. The summed E-state index contributed by atoms with van der Waals surface area (Å²) >= 11 is 0. The standard InChI is InChI=1S/C12H21N3O2/c1-9(7-13)15(2)8-10-12(17-4)11(16-3)5-6-14-10/h5-6,9H,7-8,13H2,1-4H3. The van der Waals surface area contributed by atoms with E-state index < -0.39 is 0 Å². The summed E-state index contributed by atoms with van der Waals surface area (Å²) in [5.41, 5.74) is 6.49. The van der Waals surface area contributed by atoms with Crippen LogP contribution in [-0.4, -0.2) is 43.7 Å². The molecule has 5 heteroatoms. The van der Waals surface area contributed by atoms with Crippen LogP contribution in [0.2, 0.25) is 0 Å². The zero-order valence-electron chi connectivity index (χ0n) is 10.9. The van der Waals surface area contributed by atoms with Gasteiger partial charge in [0.05, 0.1) is 14.2 Å². The molecule has 0 bridgehead atoms. The Labute approximate surface area is 103 Å². The lowest BCUT2D eigenvalue weighted by Crippen LogP contribution is -2.35. The topological polar surface area (TPSA) is 60.6 Å². The highest BCUT2D eigenvalue weighted by Gasteiger charge is 2.15. The second kappa shape index (κ2) is 6.42. The van der Waals surface area contributed by atoms with Crippen molar-refractivity contribution in [2.45, 2.75) is 19.5 Å². The van der Waals surface area contributed by atoms with E-state index in [0.717, 1.165) is 5.69 Å². The van der Waals surface area contributed by atoms with Crippen molar-refractivity contribution in [3.63, 3.8) is 0 Å². The summed E-state index contributed by atoms with van der Waals surface area (Å²) in [5.74, 6) is 1.39. The van der Waals surface area contributed by atoms with E-state index in [-0.39, 0.29) is 0 Å². The number of hydrogen-bond donors (Lipinski definition) is 1. The zero-order chi connectivity index (χ0) is 12.8. The molecule has 0 saturated carbocycles. The lowest BCUT2D eigenvalue weighted by Gasteiger charge is -2.23. The Kier molecular flexibility index (Phi) is 5.18. The molecule has 5 nitrogen and oxygen atoms in total. The number of aromatic nitrogens is 1. The van der Waals surface area contributed by atoms with Gasteiger partial charge in [-0.05, 0) is 14.0 Å². The number of methoxy groups -OCH3 is 2. The average Bonchev–Trinajstić information content (AvgIpc) is 2.37. The van der Waals surface area contributed by atoms with E-state index in [1.165, 1.54) is 0 Å². The first-order valence-electron chi connectivity index (χ1n) is 5.60. The Balaban J connectivity index is 2.90. The quantitative estimate of drug-likeness (QED) is 0.798. The molecule has 0 amide bonds. The molecule has 0 aliphatic carbocycles. The smallest absolute Gasteiger partial charge is 0.183 e. The van der Waals surface area contributed by atoms with E-state index in [9.17, 15) is 0 Å². The van der Waals surface area contributed by atoms with Crippen molar-refractivity contribution in [1.82, 2.24) is 9.88 Å². The largest absolute Gasteiger partial charge is 0.493 e. The molecule has 0 radical (unpaired) electrons. The van der Waals surface area contributed by atoms with Gasteiger partial charge in [0.25, 0.3) is 0 Å². The third-order valence-electron chi connectivity index (χ3n) is 2.86. The van der Waals surface area contributed by atoms with Crippen LogP contribution in [0, 0.1) is 0 Å². The van der Waals surface area contributed by atoms with E-state index >= 15 is 0 Å². The predicted octanol–water partition coefficient (Wildman–Crippen LogP) is 0.878. The van der Waals surface area contributed by atoms with Crippen LogP contribution in [0.1, 0.15) is 12.6 Å². The Morgan fingerprint density at radius 1 is 1.41 bits per heavy atom. The third-order valence-corrected chi connectivity index (χ3v) is 2.86. The fourth-order valence-electron chi connectivity index (χ4n) is 1.54. The summed E-state index contributed by atoms with van der Waals surface area (Å²) < 4.78 is 10.6. The lowest BCUT2D eigenvalue weighted by atomic mass is 10.2. The molecule has 0 aliphatic heterocycles. The van der Waals surface area contributed by atoms with E-state index in [1.807, 2.05) is 7.05 Å². The number of likely N-dealkylation sites (N-methyl/N-ethyl adjacent to an activating group) is 1. The van der Waals surface area contributed by atoms with Crippen LogP contribution in [-0.2, 0) is 6.54 Å². The summed E-state index contributed by atoms with van der Waals surface area (Å²) in [6, 6.07) is 2.09. The summed E-state index contributed by atoms with van der Waals surface area (Å²) in [6.07, 6.45) is 1.72. The summed E-state index contributed by atoms with van der Waals surface area (Å²) in [4.78, 5) is 6.46. The molecule has 0 aliphatic rings. The van der Waals surface area contributed by atoms with Crippen LogP contribution >= 0.6 is 0 Å². The number of hydrogen-bond acceptors (Lipinski definition) is 5. The predicted molar refractivity (Wildman–Crippen MR) is 67.3 cm³/mol. The van der Waals surface area contributed by atoms with Gasteiger partial charge < -0.3 is 15.2 Å². The first-order valence-corrected chi connectivity index (χ1v) is 5.60. The van der Waals surface area contributed by atoms with Gasteiger partial charge in [0.15, 0.2) is 11.5 Å². The highest BCUT2D eigenvalue weighted by molar-refractivity contribution is 5.42. The number of rotatable bonds is 6. The molecule has 1 aromatic rings. The molecule has 17 heavy (non-hydrogen) atoms. The molecule has 2 N–H and O–H groups in total. The van der Waals surface area contributed by atoms with Gasteiger partial charge in [-0.3, -0.25) is 9.88 Å². The highest BCUT2D eigenvalue weighted by Crippen LogP contribution is 2.29. The molecular weight excluding hydrogens is 218 g/mol. The second-order valence-electron chi connectivity index (χ2n) is 3.99. The van der Waals surface area contributed by atoms with Gasteiger partial charge in [-0.2, -0.15) is 0 Å². The number of pyridine rings is 1. The van der Waals surface area contributed by atoms with Crippen molar-refractivity contribution < 1.29 is 9.47 Å². The van der Waals surface area contributed by atoms with Crippen molar-refractivity contribution in [3.05, 3.63) is 18.0 Å². The monoisotopic (exact) mass is 239 g/mol. The van der Waals surface area contributed by atoms with Gasteiger partial charge in [0.2, 0.25) is 0 Å². The summed E-state index contributed by atoms with van der Waals surface area (Å²) in [7, 11) is 5.25. The van der Waals surface area contributed by atoms with Crippen molar-refractivity contribution in [2.75, 3.05) is 27.8 Å². The van der Waals surface area contributed by atoms with Crippen molar-refractivity contribution in [1.29, 1.82) is 0 Å². The minimum atomic E-state index is 0.299. The van der Waals surface area contributed by atoms with E-state index in [0.29, 0.717) is 30.6 Å². The Morgan fingerprint density at radius 2 is 2.12 bits per heavy atom. The molecule has 0 fully saturated rings. The normalized spacial score (nSPS) is 12.6. The first kappa shape index (κ1) is 13.7. The molecule has 1 rings (SSSR count). The van der Waals surface area contributed by atoms with Gasteiger partial charge in [-0.1, -0.05) is 0 Å². The second-order valence-corrected chi connectivity index (χ2v) is 3.99. The highest BCUT2D eigenvalue weighted by atomic mass is 16.5. The van der Waals surface area contributed by atoms with Crippen LogP contribution in [0.5, 0.6) is 11.5 Å². The maximum atomic E-state index is 5.64. The summed E-state index contributed by atoms with van der Waals surface area (Å²) in [5, 5.41) is 0. The van der Waals surface area contributed by atoms with E-state index in [1.54, 1.807) is 26.5 Å². The first-order chi connectivity index (χ1) is 8.13. The van der Waals surface area contributed by atoms with Crippen LogP contribution in [0.3, 0.4) is 0 Å². The van der Waals surface area contributed by atoms with Gasteiger partial charge in [0, 0.05) is 31.4 Å². The minimum Gasteiger partial charge on any atom is -0.493 e. The third kappa shape index (κ3) is 3.31.